The lowest BCUT2D eigenvalue weighted by Crippen LogP contribution is -2.17. The third kappa shape index (κ3) is 1.96. The van der Waals surface area contributed by atoms with Crippen molar-refractivity contribution < 1.29 is 14.6 Å². The smallest absolute Gasteiger partial charge is 0.282 e. The molecular formula is C14H8N2O5S. The largest absolute Gasteiger partial charge is 0.318 e. The van der Waals surface area contributed by atoms with Crippen LogP contribution in [0.15, 0.2) is 40.5 Å². The Kier molecular flexibility index (Phi) is 3.18. The van der Waals surface area contributed by atoms with Crippen molar-refractivity contribution in [3.8, 4) is 0 Å². The number of ketones is 1. The molecule has 0 aromatic heterocycles. The molecule has 22 heavy (non-hydrogen) atoms. The molecule has 0 aliphatic heterocycles. The van der Waals surface area contributed by atoms with Crippen molar-refractivity contribution in [2.45, 2.75) is 0 Å². The Labute approximate surface area is 128 Å². The Balaban J connectivity index is 2.24. The highest BCUT2D eigenvalue weighted by Gasteiger charge is 2.37. The van der Waals surface area contributed by atoms with E-state index in [1.165, 1.54) is 36.0 Å². The molecule has 1 aromatic rings. The molecule has 0 bridgehead atoms. The highest BCUT2D eigenvalue weighted by atomic mass is 32.2. The number of thioether (sulfide) groups is 1. The van der Waals surface area contributed by atoms with Crippen molar-refractivity contribution in [2.24, 2.45) is 0 Å². The molecule has 2 aliphatic rings. The Morgan fingerprint density at radius 3 is 2.41 bits per heavy atom. The average Bonchev–Trinajstić information content (AvgIpc) is 2.86. The van der Waals surface area contributed by atoms with E-state index < -0.39 is 21.3 Å². The predicted molar refractivity (Wildman–Crippen MR) is 81.6 cm³/mol. The van der Waals surface area contributed by atoms with Gasteiger partial charge in [0.2, 0.25) is 0 Å². The molecule has 0 radical (unpaired) electrons. The first-order valence-corrected chi connectivity index (χ1v) is 7.36. The number of nitro groups is 2. The highest BCUT2D eigenvalue weighted by molar-refractivity contribution is 8.02. The Bertz CT molecular complexity index is 851. The summed E-state index contributed by atoms with van der Waals surface area (Å²) in [7, 11) is 0. The van der Waals surface area contributed by atoms with Gasteiger partial charge in [-0.15, -0.1) is 11.8 Å². The van der Waals surface area contributed by atoms with Gasteiger partial charge in [0.1, 0.15) is 0 Å². The summed E-state index contributed by atoms with van der Waals surface area (Å²) in [6.07, 6.45) is 4.50. The molecule has 0 unspecified atom stereocenters. The molecule has 0 saturated heterocycles. The molecule has 0 amide bonds. The van der Waals surface area contributed by atoms with Gasteiger partial charge in [0.15, 0.2) is 0 Å². The molecule has 8 heteroatoms. The van der Waals surface area contributed by atoms with Crippen LogP contribution in [0, 0.1) is 20.2 Å². The lowest BCUT2D eigenvalue weighted by molar-refractivity contribution is -0.418. The van der Waals surface area contributed by atoms with E-state index in [2.05, 4.69) is 0 Å². The van der Waals surface area contributed by atoms with Crippen LogP contribution in [0.4, 0.5) is 5.69 Å². The van der Waals surface area contributed by atoms with E-state index in [9.17, 15) is 25.0 Å². The van der Waals surface area contributed by atoms with Gasteiger partial charge in [0, 0.05) is 34.3 Å². The zero-order valence-corrected chi connectivity index (χ0v) is 12.0. The van der Waals surface area contributed by atoms with Crippen molar-refractivity contribution in [3.05, 3.63) is 71.8 Å². The first-order chi connectivity index (χ1) is 10.4. The summed E-state index contributed by atoms with van der Waals surface area (Å²) in [6, 6.07) is 4.29. The molecule has 0 heterocycles. The summed E-state index contributed by atoms with van der Waals surface area (Å²) >= 11 is 1.29. The van der Waals surface area contributed by atoms with Crippen molar-refractivity contribution in [1.82, 2.24) is 0 Å². The zero-order valence-electron chi connectivity index (χ0n) is 11.2. The van der Waals surface area contributed by atoms with E-state index in [1.54, 1.807) is 12.3 Å². The van der Waals surface area contributed by atoms with Crippen LogP contribution in [0.3, 0.4) is 0 Å². The number of allylic oxidation sites excluding steroid dienone is 3. The predicted octanol–water partition coefficient (Wildman–Crippen LogP) is 2.81. The number of carbonyl (C=O) groups is 1. The molecule has 2 aliphatic carbocycles. The zero-order chi connectivity index (χ0) is 16.0. The second-order valence-corrected chi connectivity index (χ2v) is 5.49. The maximum atomic E-state index is 12.2. The number of nitrogens with zero attached hydrogens (tertiary/aromatic N) is 2. The third-order valence-corrected chi connectivity index (χ3v) is 4.25. The van der Waals surface area contributed by atoms with Crippen LogP contribution in [0.5, 0.6) is 0 Å². The van der Waals surface area contributed by atoms with Crippen LogP contribution >= 0.6 is 11.8 Å². The molecular weight excluding hydrogens is 308 g/mol. The highest BCUT2D eigenvalue weighted by Crippen LogP contribution is 2.45. The van der Waals surface area contributed by atoms with Crippen molar-refractivity contribution in [1.29, 1.82) is 0 Å². The van der Waals surface area contributed by atoms with Gasteiger partial charge in [0.05, 0.1) is 9.85 Å². The van der Waals surface area contributed by atoms with Gasteiger partial charge in [-0.1, -0.05) is 0 Å². The van der Waals surface area contributed by atoms with Gasteiger partial charge >= 0.3 is 5.70 Å². The molecule has 0 atom stereocenters. The van der Waals surface area contributed by atoms with Crippen molar-refractivity contribution in [3.63, 3.8) is 0 Å². The second kappa shape index (κ2) is 4.92. The standard InChI is InChI=1S/C14H8N2O5S/c1-22-12-6-11(16(20)21)14(17)10-5-7-4-8(15(18)19)2-3-9(7)13(10)12/h2-6H,1H3. The second-order valence-electron chi connectivity index (χ2n) is 4.65. The normalized spacial score (nSPS) is 16.0. The fourth-order valence-electron chi connectivity index (χ4n) is 2.52. The third-order valence-electron chi connectivity index (χ3n) is 3.49. The molecule has 1 aromatic carbocycles. The summed E-state index contributed by atoms with van der Waals surface area (Å²) in [4.78, 5) is 33.5. The Hall–Kier alpha value is -2.74. The lowest BCUT2D eigenvalue weighted by atomic mass is 9.94. The van der Waals surface area contributed by atoms with Crippen LogP contribution in [-0.4, -0.2) is 21.9 Å². The van der Waals surface area contributed by atoms with Crippen LogP contribution in [0.2, 0.25) is 0 Å². The van der Waals surface area contributed by atoms with Gasteiger partial charge in [0.25, 0.3) is 11.5 Å². The minimum atomic E-state index is -0.707. The number of hydrogen-bond donors (Lipinski definition) is 0. The van der Waals surface area contributed by atoms with E-state index in [-0.39, 0.29) is 11.3 Å². The topological polar surface area (TPSA) is 103 Å². The summed E-state index contributed by atoms with van der Waals surface area (Å²) in [6.45, 7) is 0. The van der Waals surface area contributed by atoms with E-state index in [0.717, 1.165) is 0 Å². The average molecular weight is 316 g/mol. The summed E-state index contributed by atoms with van der Waals surface area (Å²) < 4.78 is 0. The Morgan fingerprint density at radius 2 is 1.82 bits per heavy atom. The van der Waals surface area contributed by atoms with Crippen molar-refractivity contribution >= 4 is 34.9 Å². The van der Waals surface area contributed by atoms with Crippen LogP contribution < -0.4 is 0 Å². The minimum Gasteiger partial charge on any atom is -0.282 e. The summed E-state index contributed by atoms with van der Waals surface area (Å²) in [5.74, 6) is -0.670. The minimum absolute atomic E-state index is 0.0875. The number of nitro benzene ring substituents is 1. The number of non-ortho nitro benzene ring substituents is 1. The maximum absolute atomic E-state index is 12.2. The SMILES string of the molecule is CSC1=C2C(=Cc3cc([N+](=O)[O-])ccc32)C(=O)C([N+](=O)[O-])=C1. The van der Waals surface area contributed by atoms with E-state index in [4.69, 9.17) is 0 Å². The number of rotatable bonds is 3. The molecule has 110 valence electrons. The first kappa shape index (κ1) is 14.2. The number of benzene rings is 1. The van der Waals surface area contributed by atoms with Crippen LogP contribution in [0.1, 0.15) is 11.1 Å². The van der Waals surface area contributed by atoms with Gasteiger partial charge in [-0.2, -0.15) is 0 Å². The van der Waals surface area contributed by atoms with Gasteiger partial charge in [-0.3, -0.25) is 25.0 Å². The monoisotopic (exact) mass is 316 g/mol. The fraction of sp³-hybridized carbons (Fsp3) is 0.0714. The lowest BCUT2D eigenvalue weighted by Gasteiger charge is -2.14. The number of hydrogen-bond acceptors (Lipinski definition) is 6. The van der Waals surface area contributed by atoms with Gasteiger partial charge < -0.3 is 0 Å². The maximum Gasteiger partial charge on any atom is 0.318 e. The number of fused-ring (bicyclic) bond motifs is 3. The number of carbonyl (C=O) groups excluding carboxylic acids is 1. The quantitative estimate of drug-likeness (QED) is 0.627. The Morgan fingerprint density at radius 1 is 1.09 bits per heavy atom. The van der Waals surface area contributed by atoms with E-state index in [0.29, 0.717) is 21.6 Å². The first-order valence-electron chi connectivity index (χ1n) is 6.14. The van der Waals surface area contributed by atoms with Crippen molar-refractivity contribution in [2.75, 3.05) is 6.26 Å². The molecule has 0 fully saturated rings. The number of Topliss-reactive ketones (excluding diaryl/α,β-unsaturated/α-hetero) is 1. The summed E-state index contributed by atoms with van der Waals surface area (Å²) in [5, 5.41) is 21.8. The van der Waals surface area contributed by atoms with Gasteiger partial charge in [-0.25, -0.2) is 0 Å². The fourth-order valence-corrected chi connectivity index (χ4v) is 3.18. The van der Waals surface area contributed by atoms with Gasteiger partial charge in [-0.05, 0) is 29.5 Å². The van der Waals surface area contributed by atoms with Crippen LogP contribution in [0.25, 0.3) is 11.6 Å². The van der Waals surface area contributed by atoms with Crippen LogP contribution in [-0.2, 0) is 4.79 Å². The molecule has 7 nitrogen and oxygen atoms in total. The molecule has 3 rings (SSSR count). The van der Waals surface area contributed by atoms with E-state index >= 15 is 0 Å². The molecule has 0 N–H and O–H groups in total. The molecule has 0 spiro atoms. The molecule has 0 saturated carbocycles. The van der Waals surface area contributed by atoms with E-state index in [1.807, 2.05) is 0 Å². The summed E-state index contributed by atoms with van der Waals surface area (Å²) in [5.41, 5.74) is 1.45.